The first-order chi connectivity index (χ1) is 11.6. The van der Waals surface area contributed by atoms with E-state index in [0.29, 0.717) is 11.1 Å². The molecule has 0 unspecified atom stereocenters. The molecule has 0 spiro atoms. The van der Waals surface area contributed by atoms with Crippen LogP contribution in [-0.2, 0) is 0 Å². The zero-order valence-corrected chi connectivity index (χ0v) is 13.6. The summed E-state index contributed by atoms with van der Waals surface area (Å²) < 4.78 is 16.0. The highest BCUT2D eigenvalue weighted by Gasteiger charge is 2.09. The van der Waals surface area contributed by atoms with Crippen molar-refractivity contribution in [1.82, 2.24) is 4.57 Å². The number of aromatic nitrogens is 1. The third kappa shape index (κ3) is 3.00. The standard InChI is InChI=1S/C21H17FN2/c1-15-9-10-19(12-16(15)2)24-11-5-6-18(24)13-17(14-23)20-7-3-4-8-21(20)22/h3-13H,1-2H3/b17-13-. The monoisotopic (exact) mass is 316 g/mol. The predicted octanol–water partition coefficient (Wildman–Crippen LogP) is 5.30. The first-order valence-corrected chi connectivity index (χ1v) is 7.72. The quantitative estimate of drug-likeness (QED) is 0.603. The normalized spacial score (nSPS) is 11.3. The summed E-state index contributed by atoms with van der Waals surface area (Å²) in [4.78, 5) is 0. The molecule has 0 amide bonds. The highest BCUT2D eigenvalue weighted by Crippen LogP contribution is 2.23. The van der Waals surface area contributed by atoms with Crippen molar-refractivity contribution in [3.63, 3.8) is 0 Å². The van der Waals surface area contributed by atoms with Gasteiger partial charge in [0.25, 0.3) is 0 Å². The second kappa shape index (κ2) is 6.55. The van der Waals surface area contributed by atoms with E-state index in [0.717, 1.165) is 11.4 Å². The number of halogens is 1. The van der Waals surface area contributed by atoms with Crippen LogP contribution in [0.15, 0.2) is 60.8 Å². The molecule has 0 aliphatic rings. The molecule has 2 nitrogen and oxygen atoms in total. The van der Waals surface area contributed by atoms with E-state index in [1.807, 2.05) is 29.0 Å². The maximum atomic E-state index is 14.0. The second-order valence-electron chi connectivity index (χ2n) is 5.72. The number of rotatable bonds is 3. The summed E-state index contributed by atoms with van der Waals surface area (Å²) in [5.74, 6) is -0.394. The number of hydrogen-bond donors (Lipinski definition) is 0. The van der Waals surface area contributed by atoms with Crippen LogP contribution in [0.3, 0.4) is 0 Å². The van der Waals surface area contributed by atoms with Gasteiger partial charge in [-0.1, -0.05) is 24.3 Å². The molecule has 0 atom stereocenters. The molecule has 0 saturated heterocycles. The van der Waals surface area contributed by atoms with Crippen LogP contribution in [0.5, 0.6) is 0 Å². The van der Waals surface area contributed by atoms with Crippen LogP contribution in [0.1, 0.15) is 22.4 Å². The van der Waals surface area contributed by atoms with E-state index >= 15 is 0 Å². The first-order valence-electron chi connectivity index (χ1n) is 7.72. The van der Waals surface area contributed by atoms with E-state index in [4.69, 9.17) is 0 Å². The van der Waals surface area contributed by atoms with Crippen LogP contribution in [0.25, 0.3) is 17.3 Å². The number of aryl methyl sites for hydroxylation is 2. The van der Waals surface area contributed by atoms with Crippen molar-refractivity contribution in [3.05, 3.63) is 89.0 Å². The van der Waals surface area contributed by atoms with Gasteiger partial charge in [0.2, 0.25) is 0 Å². The molecule has 2 aromatic carbocycles. The Morgan fingerprint density at radius 1 is 1.04 bits per heavy atom. The minimum Gasteiger partial charge on any atom is -0.317 e. The van der Waals surface area contributed by atoms with Crippen LogP contribution < -0.4 is 0 Å². The highest BCUT2D eigenvalue weighted by atomic mass is 19.1. The average molecular weight is 316 g/mol. The number of nitrogens with zero attached hydrogens (tertiary/aromatic N) is 2. The van der Waals surface area contributed by atoms with Crippen molar-refractivity contribution in [1.29, 1.82) is 5.26 Å². The maximum absolute atomic E-state index is 14.0. The Bertz CT molecular complexity index is 958. The van der Waals surface area contributed by atoms with Gasteiger partial charge in [0.1, 0.15) is 5.82 Å². The summed E-state index contributed by atoms with van der Waals surface area (Å²) in [7, 11) is 0. The van der Waals surface area contributed by atoms with Gasteiger partial charge in [0.15, 0.2) is 0 Å². The van der Waals surface area contributed by atoms with E-state index in [1.165, 1.54) is 17.2 Å². The summed E-state index contributed by atoms with van der Waals surface area (Å²) in [6.45, 7) is 4.14. The van der Waals surface area contributed by atoms with Crippen molar-refractivity contribution in [2.24, 2.45) is 0 Å². The molecule has 3 rings (SSSR count). The van der Waals surface area contributed by atoms with E-state index in [9.17, 15) is 9.65 Å². The predicted molar refractivity (Wildman–Crippen MR) is 95.1 cm³/mol. The van der Waals surface area contributed by atoms with Gasteiger partial charge in [-0.2, -0.15) is 5.26 Å². The molecule has 0 radical (unpaired) electrons. The Morgan fingerprint density at radius 3 is 2.54 bits per heavy atom. The zero-order chi connectivity index (χ0) is 17.1. The van der Waals surface area contributed by atoms with Crippen molar-refractivity contribution in [3.8, 4) is 11.8 Å². The Hall–Kier alpha value is -3.12. The number of allylic oxidation sites excluding steroid dienone is 1. The van der Waals surface area contributed by atoms with E-state index < -0.39 is 5.82 Å². The molecular weight excluding hydrogens is 299 g/mol. The summed E-state index contributed by atoms with van der Waals surface area (Å²) >= 11 is 0. The van der Waals surface area contributed by atoms with Gasteiger partial charge in [-0.25, -0.2) is 4.39 Å². The molecule has 0 bridgehead atoms. The van der Waals surface area contributed by atoms with Crippen LogP contribution in [0.4, 0.5) is 4.39 Å². The number of nitriles is 1. The minimum atomic E-state index is -0.394. The molecule has 118 valence electrons. The lowest BCUT2D eigenvalue weighted by Crippen LogP contribution is -1.97. The van der Waals surface area contributed by atoms with Crippen LogP contribution in [0, 0.1) is 31.0 Å². The van der Waals surface area contributed by atoms with E-state index in [1.54, 1.807) is 24.3 Å². The smallest absolute Gasteiger partial charge is 0.131 e. The van der Waals surface area contributed by atoms with Gasteiger partial charge < -0.3 is 4.57 Å². The van der Waals surface area contributed by atoms with E-state index in [-0.39, 0.29) is 0 Å². The first kappa shape index (κ1) is 15.8. The molecule has 0 aliphatic carbocycles. The zero-order valence-electron chi connectivity index (χ0n) is 13.6. The van der Waals surface area contributed by atoms with Crippen LogP contribution in [0.2, 0.25) is 0 Å². The summed E-state index contributed by atoms with van der Waals surface area (Å²) in [6, 6.07) is 18.5. The molecule has 0 aliphatic heterocycles. The highest BCUT2D eigenvalue weighted by molar-refractivity contribution is 5.89. The molecule has 1 aromatic heterocycles. The van der Waals surface area contributed by atoms with Crippen molar-refractivity contribution in [2.75, 3.05) is 0 Å². The Labute approximate surface area is 141 Å². The van der Waals surface area contributed by atoms with Gasteiger partial charge in [0.05, 0.1) is 11.6 Å². The third-order valence-corrected chi connectivity index (χ3v) is 4.13. The largest absolute Gasteiger partial charge is 0.317 e. The van der Waals surface area contributed by atoms with Crippen LogP contribution in [-0.4, -0.2) is 4.57 Å². The molecule has 1 heterocycles. The fourth-order valence-corrected chi connectivity index (χ4v) is 2.62. The molecule has 3 aromatic rings. The molecule has 0 N–H and O–H groups in total. The van der Waals surface area contributed by atoms with Gasteiger partial charge >= 0.3 is 0 Å². The van der Waals surface area contributed by atoms with Gasteiger partial charge in [-0.3, -0.25) is 0 Å². The van der Waals surface area contributed by atoms with Gasteiger partial charge in [0, 0.05) is 23.1 Å². The molecule has 0 fully saturated rings. The van der Waals surface area contributed by atoms with Crippen molar-refractivity contribution in [2.45, 2.75) is 13.8 Å². The van der Waals surface area contributed by atoms with Crippen molar-refractivity contribution < 1.29 is 4.39 Å². The summed E-state index contributed by atoms with van der Waals surface area (Å²) in [6.07, 6.45) is 3.65. The van der Waals surface area contributed by atoms with Gasteiger partial charge in [-0.05, 0) is 61.4 Å². The van der Waals surface area contributed by atoms with Crippen molar-refractivity contribution >= 4 is 11.6 Å². The fraction of sp³-hybridized carbons (Fsp3) is 0.0952. The maximum Gasteiger partial charge on any atom is 0.131 e. The Morgan fingerprint density at radius 2 is 1.83 bits per heavy atom. The lowest BCUT2D eigenvalue weighted by Gasteiger charge is -2.10. The topological polar surface area (TPSA) is 28.7 Å². The van der Waals surface area contributed by atoms with Crippen LogP contribution >= 0.6 is 0 Å². The second-order valence-corrected chi connectivity index (χ2v) is 5.72. The lowest BCUT2D eigenvalue weighted by molar-refractivity contribution is 0.624. The third-order valence-electron chi connectivity index (χ3n) is 4.13. The lowest BCUT2D eigenvalue weighted by atomic mass is 10.1. The molecule has 0 saturated carbocycles. The fourth-order valence-electron chi connectivity index (χ4n) is 2.62. The minimum absolute atomic E-state index is 0.303. The Kier molecular flexibility index (Phi) is 4.31. The number of hydrogen-bond acceptors (Lipinski definition) is 1. The van der Waals surface area contributed by atoms with Gasteiger partial charge in [-0.15, -0.1) is 0 Å². The Balaban J connectivity index is 2.08. The molecule has 24 heavy (non-hydrogen) atoms. The van der Waals surface area contributed by atoms with E-state index in [2.05, 4.69) is 32.0 Å². The average Bonchev–Trinajstić information content (AvgIpc) is 3.04. The molecule has 3 heteroatoms. The summed E-state index contributed by atoms with van der Waals surface area (Å²) in [5, 5.41) is 9.45. The molecular formula is C21H17FN2. The SMILES string of the molecule is Cc1ccc(-n2cccc2/C=C(/C#N)c2ccccc2F)cc1C. The number of benzene rings is 2. The summed E-state index contributed by atoms with van der Waals surface area (Å²) in [5.41, 5.74) is 4.89.